The molecule has 1 N–H and O–H groups in total. The molecule has 1 aliphatic carbocycles. The van der Waals surface area contributed by atoms with Crippen molar-refractivity contribution in [2.75, 3.05) is 13.7 Å². The van der Waals surface area contributed by atoms with E-state index >= 15 is 0 Å². The minimum absolute atomic E-state index is 0.0539. The van der Waals surface area contributed by atoms with Gasteiger partial charge in [0.05, 0.1) is 19.1 Å². The monoisotopic (exact) mass is 238 g/mol. The van der Waals surface area contributed by atoms with Crippen molar-refractivity contribution in [3.8, 4) is 0 Å². The number of rotatable bonds is 3. The molecule has 17 heavy (non-hydrogen) atoms. The molecule has 4 heteroatoms. The molecule has 0 aromatic heterocycles. The third kappa shape index (κ3) is 2.37. The van der Waals surface area contributed by atoms with Crippen LogP contribution in [0, 0.1) is 11.8 Å². The lowest BCUT2D eigenvalue weighted by Gasteiger charge is -2.32. The summed E-state index contributed by atoms with van der Waals surface area (Å²) >= 11 is 0. The van der Waals surface area contributed by atoms with Gasteiger partial charge in [0.25, 0.3) is 0 Å². The fourth-order valence-electron chi connectivity index (χ4n) is 3.26. The van der Waals surface area contributed by atoms with Gasteiger partial charge < -0.3 is 10.1 Å². The Morgan fingerprint density at radius 1 is 1.53 bits per heavy atom. The zero-order valence-corrected chi connectivity index (χ0v) is 10.9. The van der Waals surface area contributed by atoms with Crippen LogP contribution in [0.3, 0.4) is 0 Å². The fraction of sp³-hybridized carbons (Fsp3) is 0.846. The van der Waals surface area contributed by atoms with Crippen LogP contribution in [-0.2, 0) is 9.53 Å². The van der Waals surface area contributed by atoms with Crippen molar-refractivity contribution in [1.82, 2.24) is 5.32 Å². The maximum absolute atomic E-state index is 11.6. The Bertz CT molecular complexity index is 327. The number of carbonyl (C=O) groups is 1. The second-order valence-electron chi connectivity index (χ2n) is 5.07. The van der Waals surface area contributed by atoms with E-state index in [0.717, 1.165) is 25.8 Å². The summed E-state index contributed by atoms with van der Waals surface area (Å²) in [6.45, 7) is 5.20. The molecule has 1 heterocycles. The Morgan fingerprint density at radius 3 is 2.94 bits per heavy atom. The molecule has 0 aromatic carbocycles. The quantitative estimate of drug-likeness (QED) is 0.756. The SMILES string of the molecule is CCN[C@@H]1C(C)=N[C@@H]2C[C@@H](C(=O)OC)CC[C@@H]12. The number of ether oxygens (including phenoxy) is 1. The van der Waals surface area contributed by atoms with E-state index in [4.69, 9.17) is 9.73 Å². The normalized spacial score (nSPS) is 36.3. The predicted octanol–water partition coefficient (Wildman–Crippen LogP) is 1.40. The summed E-state index contributed by atoms with van der Waals surface area (Å²) in [4.78, 5) is 16.3. The molecule has 0 spiro atoms. The first-order chi connectivity index (χ1) is 8.17. The van der Waals surface area contributed by atoms with Crippen LogP contribution in [0.25, 0.3) is 0 Å². The van der Waals surface area contributed by atoms with Gasteiger partial charge in [0.15, 0.2) is 0 Å². The number of fused-ring (bicyclic) bond motifs is 1. The lowest BCUT2D eigenvalue weighted by molar-refractivity contribution is -0.147. The van der Waals surface area contributed by atoms with Crippen LogP contribution < -0.4 is 5.32 Å². The smallest absolute Gasteiger partial charge is 0.308 e. The van der Waals surface area contributed by atoms with Crippen molar-refractivity contribution >= 4 is 11.7 Å². The molecule has 2 aliphatic rings. The zero-order valence-electron chi connectivity index (χ0n) is 10.9. The number of methoxy groups -OCH3 is 1. The molecule has 2 rings (SSSR count). The predicted molar refractivity (Wildman–Crippen MR) is 67.2 cm³/mol. The van der Waals surface area contributed by atoms with Crippen molar-refractivity contribution in [2.24, 2.45) is 16.8 Å². The highest BCUT2D eigenvalue weighted by atomic mass is 16.5. The molecule has 0 amide bonds. The Balaban J connectivity index is 2.02. The van der Waals surface area contributed by atoms with Crippen molar-refractivity contribution in [1.29, 1.82) is 0 Å². The highest BCUT2D eigenvalue weighted by Gasteiger charge is 2.42. The molecular weight excluding hydrogens is 216 g/mol. The lowest BCUT2D eigenvalue weighted by Crippen LogP contribution is -2.43. The van der Waals surface area contributed by atoms with Crippen LogP contribution in [-0.4, -0.2) is 37.4 Å². The summed E-state index contributed by atoms with van der Waals surface area (Å²) in [5.74, 6) is 0.567. The van der Waals surface area contributed by atoms with Gasteiger partial charge in [-0.1, -0.05) is 6.92 Å². The molecule has 0 bridgehead atoms. The molecule has 4 nitrogen and oxygen atoms in total. The second kappa shape index (κ2) is 5.17. The van der Waals surface area contributed by atoms with E-state index in [-0.39, 0.29) is 11.9 Å². The molecule has 0 aromatic rings. The van der Waals surface area contributed by atoms with Crippen molar-refractivity contribution in [3.63, 3.8) is 0 Å². The third-order valence-corrected chi connectivity index (χ3v) is 4.07. The maximum Gasteiger partial charge on any atom is 0.308 e. The summed E-state index contributed by atoms with van der Waals surface area (Å²) in [5, 5.41) is 3.50. The molecule has 1 saturated carbocycles. The number of hydrogen-bond acceptors (Lipinski definition) is 4. The minimum atomic E-state index is -0.0665. The molecule has 4 atom stereocenters. The topological polar surface area (TPSA) is 50.7 Å². The van der Waals surface area contributed by atoms with E-state index in [1.54, 1.807) is 0 Å². The number of nitrogens with one attached hydrogen (secondary N) is 1. The molecular formula is C13H22N2O2. The van der Waals surface area contributed by atoms with Gasteiger partial charge in [-0.2, -0.15) is 0 Å². The van der Waals surface area contributed by atoms with Crippen LogP contribution in [0.4, 0.5) is 0 Å². The van der Waals surface area contributed by atoms with Crippen molar-refractivity contribution < 1.29 is 9.53 Å². The first-order valence-corrected chi connectivity index (χ1v) is 6.52. The van der Waals surface area contributed by atoms with Gasteiger partial charge in [0.2, 0.25) is 0 Å². The Morgan fingerprint density at radius 2 is 2.29 bits per heavy atom. The van der Waals surface area contributed by atoms with E-state index in [1.807, 2.05) is 0 Å². The van der Waals surface area contributed by atoms with Gasteiger partial charge in [-0.15, -0.1) is 0 Å². The minimum Gasteiger partial charge on any atom is -0.469 e. The van der Waals surface area contributed by atoms with E-state index in [9.17, 15) is 4.79 Å². The molecule has 1 fully saturated rings. The first-order valence-electron chi connectivity index (χ1n) is 6.52. The standard InChI is InChI=1S/C13H22N2O2/c1-4-14-12-8(2)15-11-7-9(13(16)17-3)5-6-10(11)12/h9-12,14H,4-7H2,1-3H3/t9-,10+,11+,12+/m0/s1. The number of aliphatic imine (C=N–C) groups is 1. The lowest BCUT2D eigenvalue weighted by atomic mass is 9.76. The summed E-state index contributed by atoms with van der Waals surface area (Å²) in [5.41, 5.74) is 1.20. The van der Waals surface area contributed by atoms with Crippen LogP contribution >= 0.6 is 0 Å². The summed E-state index contributed by atoms with van der Waals surface area (Å²) in [7, 11) is 1.47. The van der Waals surface area contributed by atoms with Crippen LogP contribution in [0.5, 0.6) is 0 Å². The number of hydrogen-bond donors (Lipinski definition) is 1. The zero-order chi connectivity index (χ0) is 12.4. The molecule has 0 radical (unpaired) electrons. The molecule has 96 valence electrons. The van der Waals surface area contributed by atoms with Crippen molar-refractivity contribution in [3.05, 3.63) is 0 Å². The number of esters is 1. The number of nitrogens with zero attached hydrogens (tertiary/aromatic N) is 1. The van der Waals surface area contributed by atoms with E-state index in [2.05, 4.69) is 19.2 Å². The van der Waals surface area contributed by atoms with Crippen LogP contribution in [0.1, 0.15) is 33.1 Å². The van der Waals surface area contributed by atoms with E-state index in [1.165, 1.54) is 12.8 Å². The van der Waals surface area contributed by atoms with Crippen molar-refractivity contribution in [2.45, 2.75) is 45.2 Å². The van der Waals surface area contributed by atoms with Gasteiger partial charge in [-0.3, -0.25) is 9.79 Å². The highest BCUT2D eigenvalue weighted by molar-refractivity contribution is 5.89. The van der Waals surface area contributed by atoms with Gasteiger partial charge in [-0.05, 0) is 32.7 Å². The van der Waals surface area contributed by atoms with Gasteiger partial charge >= 0.3 is 5.97 Å². The maximum atomic E-state index is 11.6. The summed E-state index contributed by atoms with van der Waals surface area (Å²) < 4.78 is 4.84. The average Bonchev–Trinajstić information content (AvgIpc) is 2.64. The molecule has 0 saturated heterocycles. The number of carbonyl (C=O) groups excluding carboxylic acids is 1. The average molecular weight is 238 g/mol. The Hall–Kier alpha value is -0.900. The van der Waals surface area contributed by atoms with Crippen LogP contribution in [0.15, 0.2) is 4.99 Å². The Kier molecular flexibility index (Phi) is 3.82. The van der Waals surface area contributed by atoms with Gasteiger partial charge in [0, 0.05) is 17.7 Å². The van der Waals surface area contributed by atoms with Gasteiger partial charge in [0.1, 0.15) is 0 Å². The summed E-state index contributed by atoms with van der Waals surface area (Å²) in [6.07, 6.45) is 2.87. The fourth-order valence-corrected chi connectivity index (χ4v) is 3.26. The largest absolute Gasteiger partial charge is 0.469 e. The molecule has 1 aliphatic heterocycles. The Labute approximate surface area is 103 Å². The van der Waals surface area contributed by atoms with Crippen LogP contribution in [0.2, 0.25) is 0 Å². The van der Waals surface area contributed by atoms with Gasteiger partial charge in [-0.25, -0.2) is 0 Å². The highest BCUT2D eigenvalue weighted by Crippen LogP contribution is 2.37. The van der Waals surface area contributed by atoms with E-state index in [0.29, 0.717) is 18.0 Å². The first kappa shape index (κ1) is 12.6. The summed E-state index contributed by atoms with van der Waals surface area (Å²) in [6, 6.07) is 0.737. The second-order valence-corrected chi connectivity index (χ2v) is 5.07. The van der Waals surface area contributed by atoms with E-state index < -0.39 is 0 Å². The third-order valence-electron chi connectivity index (χ3n) is 4.07. The molecule has 0 unspecified atom stereocenters.